The summed E-state index contributed by atoms with van der Waals surface area (Å²) in [4.78, 5) is 23.7. The Labute approximate surface area is 133 Å². The highest BCUT2D eigenvalue weighted by molar-refractivity contribution is 5.87. The second-order valence-corrected chi connectivity index (χ2v) is 5.54. The van der Waals surface area contributed by atoms with E-state index in [1.165, 1.54) is 6.92 Å². The maximum Gasteiger partial charge on any atom is 0.333 e. The fraction of sp³-hybridized carbons (Fsp3) is 0.312. The zero-order chi connectivity index (χ0) is 17.0. The monoisotopic (exact) mass is 317 g/mol. The standard InChI is InChI=1S/C16H19N3O4/c1-10-4-6-12(7-5-10)16(3,14(20)21)18-15(22)17-9-13-8-11(2)19-23-13/h4-8H,9H2,1-3H3,(H,20,21)(H2,17,18,22). The number of hydrogen-bond donors (Lipinski definition) is 3. The normalized spacial score (nSPS) is 13.2. The molecule has 0 spiro atoms. The molecular formula is C16H19N3O4. The van der Waals surface area contributed by atoms with E-state index in [4.69, 9.17) is 4.52 Å². The molecule has 1 atom stereocenters. The van der Waals surface area contributed by atoms with Gasteiger partial charge in [0.2, 0.25) is 0 Å². The van der Waals surface area contributed by atoms with Gasteiger partial charge >= 0.3 is 12.0 Å². The van der Waals surface area contributed by atoms with Crippen molar-refractivity contribution in [2.75, 3.05) is 0 Å². The number of carbonyl (C=O) groups is 2. The fourth-order valence-electron chi connectivity index (χ4n) is 2.07. The summed E-state index contributed by atoms with van der Waals surface area (Å²) in [6, 6.07) is 8.05. The number of nitrogens with zero attached hydrogens (tertiary/aromatic N) is 1. The first-order valence-electron chi connectivity index (χ1n) is 7.10. The molecule has 2 amide bonds. The zero-order valence-corrected chi connectivity index (χ0v) is 13.2. The number of carbonyl (C=O) groups excluding carboxylic acids is 1. The topological polar surface area (TPSA) is 104 Å². The molecule has 1 aromatic heterocycles. The Morgan fingerprint density at radius 3 is 2.43 bits per heavy atom. The summed E-state index contributed by atoms with van der Waals surface area (Å²) >= 11 is 0. The summed E-state index contributed by atoms with van der Waals surface area (Å²) in [6.07, 6.45) is 0. The van der Waals surface area contributed by atoms with Crippen LogP contribution in [-0.2, 0) is 16.9 Å². The minimum atomic E-state index is -1.53. The largest absolute Gasteiger partial charge is 0.479 e. The van der Waals surface area contributed by atoms with Gasteiger partial charge in [-0.05, 0) is 26.3 Å². The molecule has 1 aromatic carbocycles. The lowest BCUT2D eigenvalue weighted by Gasteiger charge is -2.27. The molecule has 0 aliphatic carbocycles. The van der Waals surface area contributed by atoms with Crippen molar-refractivity contribution in [2.45, 2.75) is 32.9 Å². The molecule has 7 nitrogen and oxygen atoms in total. The summed E-state index contributed by atoms with van der Waals surface area (Å²) in [5, 5.41) is 18.3. The Morgan fingerprint density at radius 1 is 1.26 bits per heavy atom. The van der Waals surface area contributed by atoms with Gasteiger partial charge in [0, 0.05) is 6.07 Å². The van der Waals surface area contributed by atoms with E-state index in [-0.39, 0.29) is 6.54 Å². The molecule has 23 heavy (non-hydrogen) atoms. The molecule has 0 bridgehead atoms. The third kappa shape index (κ3) is 3.88. The van der Waals surface area contributed by atoms with Crippen LogP contribution in [0.5, 0.6) is 0 Å². The molecule has 0 radical (unpaired) electrons. The molecule has 1 heterocycles. The molecule has 122 valence electrons. The number of amides is 2. The maximum absolute atomic E-state index is 12.0. The van der Waals surface area contributed by atoms with Gasteiger partial charge in [-0.3, -0.25) is 0 Å². The van der Waals surface area contributed by atoms with Crippen molar-refractivity contribution in [3.8, 4) is 0 Å². The second kappa shape index (κ2) is 6.51. The molecular weight excluding hydrogens is 298 g/mol. The van der Waals surface area contributed by atoms with Crippen LogP contribution in [-0.4, -0.2) is 22.3 Å². The summed E-state index contributed by atoms with van der Waals surface area (Å²) in [5.41, 5.74) is 0.667. The number of carboxylic acids is 1. The second-order valence-electron chi connectivity index (χ2n) is 5.54. The van der Waals surface area contributed by atoms with E-state index in [1.807, 2.05) is 6.92 Å². The number of aryl methyl sites for hydroxylation is 2. The number of benzene rings is 1. The highest BCUT2D eigenvalue weighted by Crippen LogP contribution is 2.21. The van der Waals surface area contributed by atoms with E-state index in [9.17, 15) is 14.7 Å². The fourth-order valence-corrected chi connectivity index (χ4v) is 2.07. The minimum Gasteiger partial charge on any atom is -0.479 e. The van der Waals surface area contributed by atoms with E-state index in [0.29, 0.717) is 17.0 Å². The van der Waals surface area contributed by atoms with Crippen LogP contribution in [0.15, 0.2) is 34.9 Å². The van der Waals surface area contributed by atoms with Crippen LogP contribution < -0.4 is 10.6 Å². The Balaban J connectivity index is 2.07. The zero-order valence-electron chi connectivity index (χ0n) is 13.2. The predicted molar refractivity (Wildman–Crippen MR) is 82.8 cm³/mol. The van der Waals surface area contributed by atoms with Gasteiger partial charge in [-0.1, -0.05) is 35.0 Å². The van der Waals surface area contributed by atoms with Crippen molar-refractivity contribution < 1.29 is 19.2 Å². The summed E-state index contributed by atoms with van der Waals surface area (Å²) < 4.78 is 4.98. The Hall–Kier alpha value is -2.83. The molecule has 7 heteroatoms. The van der Waals surface area contributed by atoms with Crippen molar-refractivity contribution in [1.29, 1.82) is 0 Å². The molecule has 2 aromatic rings. The van der Waals surface area contributed by atoms with E-state index < -0.39 is 17.5 Å². The van der Waals surface area contributed by atoms with Crippen molar-refractivity contribution in [2.24, 2.45) is 0 Å². The van der Waals surface area contributed by atoms with E-state index in [1.54, 1.807) is 37.3 Å². The lowest BCUT2D eigenvalue weighted by molar-refractivity contribution is -0.144. The summed E-state index contributed by atoms with van der Waals surface area (Å²) in [6.45, 7) is 5.24. The third-order valence-corrected chi connectivity index (χ3v) is 3.52. The van der Waals surface area contributed by atoms with Gasteiger partial charge in [0.25, 0.3) is 0 Å². The first kappa shape index (κ1) is 16.5. The van der Waals surface area contributed by atoms with E-state index in [0.717, 1.165) is 5.56 Å². The van der Waals surface area contributed by atoms with Gasteiger partial charge < -0.3 is 20.3 Å². The Morgan fingerprint density at radius 2 is 1.91 bits per heavy atom. The molecule has 0 saturated heterocycles. The molecule has 2 rings (SSSR count). The molecule has 1 unspecified atom stereocenters. The van der Waals surface area contributed by atoms with Gasteiger partial charge in [-0.25, -0.2) is 9.59 Å². The van der Waals surface area contributed by atoms with Crippen LogP contribution in [0.25, 0.3) is 0 Å². The SMILES string of the molecule is Cc1ccc(C(C)(NC(=O)NCc2cc(C)no2)C(=O)O)cc1. The molecule has 3 N–H and O–H groups in total. The Kier molecular flexibility index (Phi) is 4.68. The lowest BCUT2D eigenvalue weighted by atomic mass is 9.91. The average molecular weight is 317 g/mol. The number of aromatic nitrogens is 1. The van der Waals surface area contributed by atoms with Crippen LogP contribution in [0.2, 0.25) is 0 Å². The van der Waals surface area contributed by atoms with Crippen molar-refractivity contribution in [3.05, 3.63) is 52.9 Å². The maximum atomic E-state index is 12.0. The van der Waals surface area contributed by atoms with E-state index >= 15 is 0 Å². The highest BCUT2D eigenvalue weighted by atomic mass is 16.5. The first-order valence-corrected chi connectivity index (χ1v) is 7.10. The molecule has 0 fully saturated rings. The van der Waals surface area contributed by atoms with E-state index in [2.05, 4.69) is 15.8 Å². The van der Waals surface area contributed by atoms with Crippen LogP contribution >= 0.6 is 0 Å². The minimum absolute atomic E-state index is 0.121. The first-order chi connectivity index (χ1) is 10.8. The van der Waals surface area contributed by atoms with Gasteiger partial charge in [0.15, 0.2) is 11.3 Å². The number of nitrogens with one attached hydrogen (secondary N) is 2. The number of aliphatic carboxylic acids is 1. The Bertz CT molecular complexity index is 708. The molecule has 0 aliphatic heterocycles. The van der Waals surface area contributed by atoms with Crippen molar-refractivity contribution in [1.82, 2.24) is 15.8 Å². The van der Waals surface area contributed by atoms with Gasteiger partial charge in [-0.2, -0.15) is 0 Å². The van der Waals surface area contributed by atoms with Crippen molar-refractivity contribution >= 4 is 12.0 Å². The highest BCUT2D eigenvalue weighted by Gasteiger charge is 2.36. The lowest BCUT2D eigenvalue weighted by Crippen LogP contribution is -2.52. The van der Waals surface area contributed by atoms with Crippen LogP contribution in [0.1, 0.15) is 29.5 Å². The number of rotatable bonds is 5. The number of urea groups is 1. The van der Waals surface area contributed by atoms with Crippen LogP contribution in [0.3, 0.4) is 0 Å². The molecule has 0 saturated carbocycles. The quantitative estimate of drug-likeness (QED) is 0.783. The molecule has 0 aliphatic rings. The van der Waals surface area contributed by atoms with Gasteiger partial charge in [0.05, 0.1) is 12.2 Å². The average Bonchev–Trinajstić information content (AvgIpc) is 2.91. The predicted octanol–water partition coefficient (Wildman–Crippen LogP) is 2.09. The van der Waals surface area contributed by atoms with Gasteiger partial charge in [-0.15, -0.1) is 0 Å². The third-order valence-electron chi connectivity index (χ3n) is 3.52. The number of hydrogen-bond acceptors (Lipinski definition) is 4. The summed E-state index contributed by atoms with van der Waals surface area (Å²) in [7, 11) is 0. The van der Waals surface area contributed by atoms with Gasteiger partial charge in [0.1, 0.15) is 0 Å². The number of carboxylic acid groups (broad SMARTS) is 1. The van der Waals surface area contributed by atoms with Crippen molar-refractivity contribution in [3.63, 3.8) is 0 Å². The van der Waals surface area contributed by atoms with Crippen LogP contribution in [0.4, 0.5) is 4.79 Å². The van der Waals surface area contributed by atoms with Crippen LogP contribution in [0, 0.1) is 13.8 Å². The summed E-state index contributed by atoms with van der Waals surface area (Å²) in [5.74, 6) is -0.656. The smallest absolute Gasteiger partial charge is 0.333 e.